The third-order valence-corrected chi connectivity index (χ3v) is 16.4. The fourth-order valence-electron chi connectivity index (χ4n) is 6.38. The molecular weight excluding hydrogens is 990 g/mol. The van der Waals surface area contributed by atoms with E-state index in [1.165, 1.54) is 17.0 Å². The topological polar surface area (TPSA) is 521 Å². The summed E-state index contributed by atoms with van der Waals surface area (Å²) in [7, 11) is -22.0. The fraction of sp³-hybridized carbons (Fsp3) is 0.581. The number of hydrogen-bond donors (Lipinski definition) is 19. The average Bonchev–Trinajstić information content (AvgIpc) is 3.15. The van der Waals surface area contributed by atoms with Gasteiger partial charge in [0.25, 0.3) is 0 Å². The number of benzene rings is 1. The molecule has 19 N–H and O–H groups in total. The van der Waals surface area contributed by atoms with Crippen molar-refractivity contribution >= 4 is 77.7 Å². The smallest absolute Gasteiger partial charge is 0.354 e. The number of anilines is 1. The molecule has 32 nitrogen and oxygen atoms in total. The number of nitrogens with zero attached hydrogens (tertiary/aromatic N) is 2. The van der Waals surface area contributed by atoms with Gasteiger partial charge in [-0.25, -0.2) is 14.4 Å². The molecular formula is C31H53N9O23P4. The first-order valence-electron chi connectivity index (χ1n) is 19.2. The molecule has 1 atom stereocenters. The summed E-state index contributed by atoms with van der Waals surface area (Å²) in [6.07, 6.45) is 0.190. The Morgan fingerprint density at radius 2 is 1.12 bits per heavy atom. The van der Waals surface area contributed by atoms with Crippen molar-refractivity contribution in [1.82, 2.24) is 41.7 Å². The SMILES string of the molecule is O=C(O)CN1CCN(C(C(=O)O)(C(=O)O)C(=O)O)CCNCCNC(Cc2ccc(NC(=O)C(CNC(=O)CNC(P(=O)(O)O)P(=O)(O)O)CNC(=O)CNC(P(=O)(O)O)P(=O)(O)O)cc2)C1. The van der Waals surface area contributed by atoms with Crippen LogP contribution in [0.3, 0.4) is 0 Å². The summed E-state index contributed by atoms with van der Waals surface area (Å²) in [6, 6.07) is 5.38. The Kier molecular flexibility index (Phi) is 22.4. The maximum Gasteiger partial charge on any atom is 0.354 e. The van der Waals surface area contributed by atoms with Crippen LogP contribution in [0.4, 0.5) is 5.69 Å². The zero-order chi connectivity index (χ0) is 51.1. The Bertz CT molecular complexity index is 1980. The van der Waals surface area contributed by atoms with E-state index in [4.69, 9.17) is 0 Å². The van der Waals surface area contributed by atoms with Crippen molar-refractivity contribution in [3.63, 3.8) is 0 Å². The van der Waals surface area contributed by atoms with Crippen LogP contribution < -0.4 is 37.2 Å². The van der Waals surface area contributed by atoms with Gasteiger partial charge >= 0.3 is 59.8 Å². The number of amides is 3. The normalized spacial score (nSPS) is 16.7. The van der Waals surface area contributed by atoms with Crippen molar-refractivity contribution in [1.29, 1.82) is 0 Å². The van der Waals surface area contributed by atoms with Crippen LogP contribution in [0.5, 0.6) is 0 Å². The first-order valence-corrected chi connectivity index (χ1v) is 26.0. The van der Waals surface area contributed by atoms with Gasteiger partial charge in [-0.2, -0.15) is 0 Å². The van der Waals surface area contributed by atoms with E-state index in [0.29, 0.717) is 5.56 Å². The molecule has 0 saturated carbocycles. The summed E-state index contributed by atoms with van der Waals surface area (Å²) in [5, 5.41) is 55.5. The molecule has 1 aromatic rings. The summed E-state index contributed by atoms with van der Waals surface area (Å²) in [5.74, 6) is -12.5. The molecule has 3 amide bonds. The second-order valence-electron chi connectivity index (χ2n) is 14.7. The van der Waals surface area contributed by atoms with Gasteiger partial charge in [-0.15, -0.1) is 0 Å². The van der Waals surface area contributed by atoms with Gasteiger partial charge in [-0.3, -0.25) is 57.9 Å². The Balaban J connectivity index is 2.29. The highest BCUT2D eigenvalue weighted by molar-refractivity contribution is 7.71. The second kappa shape index (κ2) is 25.5. The van der Waals surface area contributed by atoms with Gasteiger partial charge in [-0.05, 0) is 24.1 Å². The van der Waals surface area contributed by atoms with E-state index in [0.717, 1.165) is 4.90 Å². The molecule has 0 aromatic heterocycles. The lowest BCUT2D eigenvalue weighted by molar-refractivity contribution is -0.179. The molecule has 0 radical (unpaired) electrons. The Labute approximate surface area is 378 Å². The van der Waals surface area contributed by atoms with E-state index in [1.807, 2.05) is 0 Å². The number of hydrogen-bond acceptors (Lipinski definition) is 17. The lowest BCUT2D eigenvalue weighted by Gasteiger charge is -2.36. The minimum atomic E-state index is -5.50. The predicted octanol–water partition coefficient (Wildman–Crippen LogP) is -6.28. The molecule has 1 unspecified atom stereocenters. The van der Waals surface area contributed by atoms with Crippen molar-refractivity contribution in [3.8, 4) is 0 Å². The Morgan fingerprint density at radius 1 is 0.657 bits per heavy atom. The molecule has 0 bridgehead atoms. The summed E-state index contributed by atoms with van der Waals surface area (Å²) in [5.41, 5.74) is -8.21. The Morgan fingerprint density at radius 3 is 1.54 bits per heavy atom. The van der Waals surface area contributed by atoms with Crippen LogP contribution >= 0.6 is 30.4 Å². The van der Waals surface area contributed by atoms with Gasteiger partial charge < -0.3 is 86.2 Å². The van der Waals surface area contributed by atoms with Crippen molar-refractivity contribution in [2.75, 3.05) is 83.9 Å². The monoisotopic (exact) mass is 1040 g/mol. The standard InChI is InChI=1S/C31H53N9O23P4/c41-22(14-36-29(64(52,53)54)65(55,56)57)34-12-19(13-35-23(42)15-37-30(66(58,59)60)67(61,62)63)25(45)38-20-3-1-18(2-4-20)11-21-16-39(17-24(43)44)9-10-40(8-7-32-5-6-33-21)31(26(46)47,27(48)49)28(50)51/h1-4,19,21,29-30,32-33,36-37H,5-17H2,(H,34,41)(H,35,42)(H,38,45)(H,43,44)(H,46,47)(H,48,49)(H,50,51)(H2,52,53,54)(H2,55,56,57)(H2,58,59,60)(H2,61,62,63). The minimum Gasteiger partial charge on any atom is -0.480 e. The molecule has 67 heavy (non-hydrogen) atoms. The van der Waals surface area contributed by atoms with Gasteiger partial charge in [-0.1, -0.05) is 12.1 Å². The van der Waals surface area contributed by atoms with Crippen LogP contribution in [0, 0.1) is 5.92 Å². The highest BCUT2D eigenvalue weighted by Gasteiger charge is 2.59. The van der Waals surface area contributed by atoms with E-state index in [9.17, 15) is 111 Å². The molecule has 36 heteroatoms. The number of carbonyl (C=O) groups excluding carboxylic acids is 3. The molecule has 1 aliphatic heterocycles. The maximum atomic E-state index is 13.5. The lowest BCUT2D eigenvalue weighted by Crippen LogP contribution is -2.67. The zero-order valence-corrected chi connectivity index (χ0v) is 38.4. The third-order valence-electron chi connectivity index (χ3n) is 9.55. The first-order chi connectivity index (χ1) is 30.8. The predicted molar refractivity (Wildman–Crippen MR) is 226 cm³/mol. The fourth-order valence-corrected chi connectivity index (χ4v) is 10.8. The van der Waals surface area contributed by atoms with Gasteiger partial charge in [0.15, 0.2) is 0 Å². The first kappa shape index (κ1) is 59.0. The number of carboxylic acids is 4. The zero-order valence-electron chi connectivity index (χ0n) is 34.9. The molecule has 1 fully saturated rings. The molecule has 1 aliphatic rings. The van der Waals surface area contributed by atoms with Crippen molar-refractivity contribution < 1.29 is 111 Å². The molecule has 2 rings (SSSR count). The van der Waals surface area contributed by atoms with Crippen LogP contribution in [0.15, 0.2) is 24.3 Å². The van der Waals surface area contributed by atoms with Crippen LogP contribution in [-0.4, -0.2) is 212 Å². The van der Waals surface area contributed by atoms with Crippen molar-refractivity contribution in [3.05, 3.63) is 29.8 Å². The number of carboxylic acid groups (broad SMARTS) is 4. The second-order valence-corrected chi connectivity index (χ2v) is 22.3. The van der Waals surface area contributed by atoms with Crippen LogP contribution in [0.25, 0.3) is 0 Å². The highest BCUT2D eigenvalue weighted by atomic mass is 31.2. The average molecular weight is 1040 g/mol. The van der Waals surface area contributed by atoms with E-state index in [-0.39, 0.29) is 51.4 Å². The summed E-state index contributed by atoms with van der Waals surface area (Å²) in [4.78, 5) is 163. The lowest BCUT2D eigenvalue weighted by atomic mass is 9.97. The van der Waals surface area contributed by atoms with Crippen LogP contribution in [0.2, 0.25) is 0 Å². The summed E-state index contributed by atoms with van der Waals surface area (Å²) in [6.45, 7) is -4.85. The molecule has 380 valence electrons. The number of rotatable bonds is 24. The molecule has 1 saturated heterocycles. The van der Waals surface area contributed by atoms with E-state index >= 15 is 0 Å². The maximum absolute atomic E-state index is 13.5. The van der Waals surface area contributed by atoms with E-state index < -0.39 is 140 Å². The van der Waals surface area contributed by atoms with Crippen LogP contribution in [-0.2, 0) is 58.2 Å². The number of nitrogens with one attached hydrogen (secondary N) is 7. The number of carbonyl (C=O) groups is 7. The van der Waals surface area contributed by atoms with Crippen molar-refractivity contribution in [2.45, 2.75) is 29.0 Å². The van der Waals surface area contributed by atoms with Crippen molar-refractivity contribution in [2.24, 2.45) is 5.92 Å². The summed E-state index contributed by atoms with van der Waals surface area (Å²) < 4.78 is 46.2. The van der Waals surface area contributed by atoms with Crippen LogP contribution in [0.1, 0.15) is 5.56 Å². The highest BCUT2D eigenvalue weighted by Crippen LogP contribution is 2.59. The summed E-state index contributed by atoms with van der Waals surface area (Å²) >= 11 is 0. The van der Waals surface area contributed by atoms with Gasteiger partial charge in [0.1, 0.15) is 0 Å². The van der Waals surface area contributed by atoms with E-state index in [1.54, 1.807) is 22.8 Å². The molecule has 0 aliphatic carbocycles. The minimum absolute atomic E-state index is 0.0262. The van der Waals surface area contributed by atoms with E-state index in [2.05, 4.69) is 26.6 Å². The quantitative estimate of drug-likeness (QED) is 0.0338. The number of aliphatic carboxylic acids is 4. The van der Waals surface area contributed by atoms with Gasteiger partial charge in [0.05, 0.1) is 25.6 Å². The molecule has 1 heterocycles. The molecule has 0 spiro atoms. The molecule has 1 aromatic carbocycles. The third kappa shape index (κ3) is 19.1. The van der Waals surface area contributed by atoms with Gasteiger partial charge in [0.2, 0.25) is 28.8 Å². The Hall–Kier alpha value is -4.13. The van der Waals surface area contributed by atoms with Gasteiger partial charge in [0, 0.05) is 70.6 Å². The largest absolute Gasteiger partial charge is 0.480 e.